The number of hydrogen-bond acceptors (Lipinski definition) is 5. The molecule has 0 aliphatic carbocycles. The van der Waals surface area contributed by atoms with Crippen LogP contribution < -0.4 is 10.6 Å². The molecule has 0 radical (unpaired) electrons. The Balaban J connectivity index is 2.86. The lowest BCUT2D eigenvalue weighted by molar-refractivity contribution is -0.141. The zero-order valence-electron chi connectivity index (χ0n) is 10.6. The number of hydrogen-bond donors (Lipinski definition) is 1. The quantitative estimate of drug-likeness (QED) is 0.783. The van der Waals surface area contributed by atoms with Crippen molar-refractivity contribution in [3.8, 4) is 0 Å². The Bertz CT molecular complexity index is 393. The van der Waals surface area contributed by atoms with Crippen LogP contribution in [0.3, 0.4) is 0 Å². The molecule has 94 valence electrons. The van der Waals surface area contributed by atoms with Crippen molar-refractivity contribution < 1.29 is 9.53 Å². The van der Waals surface area contributed by atoms with Crippen molar-refractivity contribution in [3.05, 3.63) is 17.8 Å². The molecule has 1 aromatic heterocycles. The van der Waals surface area contributed by atoms with E-state index in [2.05, 4.69) is 4.98 Å². The van der Waals surface area contributed by atoms with Crippen LogP contribution in [0.15, 0.2) is 12.3 Å². The van der Waals surface area contributed by atoms with Gasteiger partial charge in [-0.15, -0.1) is 0 Å². The minimum Gasteiger partial charge on any atom is -0.465 e. The zero-order chi connectivity index (χ0) is 12.8. The number of nitrogens with two attached hydrogens (primary N) is 1. The minimum atomic E-state index is -0.267. The maximum absolute atomic E-state index is 11.4. The summed E-state index contributed by atoms with van der Waals surface area (Å²) in [7, 11) is 0. The molecule has 0 atom stereocenters. The van der Waals surface area contributed by atoms with Gasteiger partial charge in [-0.1, -0.05) is 0 Å². The summed E-state index contributed by atoms with van der Waals surface area (Å²) in [5.74, 6) is 0.373. The Morgan fingerprint density at radius 3 is 2.82 bits per heavy atom. The predicted molar refractivity (Wildman–Crippen MR) is 67.9 cm³/mol. The van der Waals surface area contributed by atoms with Gasteiger partial charge in [0.2, 0.25) is 0 Å². The van der Waals surface area contributed by atoms with Crippen LogP contribution in [0.1, 0.15) is 19.4 Å². The van der Waals surface area contributed by atoms with E-state index in [9.17, 15) is 4.79 Å². The third kappa shape index (κ3) is 3.34. The molecule has 0 amide bonds. The van der Waals surface area contributed by atoms with Gasteiger partial charge in [0.15, 0.2) is 5.82 Å². The number of carbonyl (C=O) groups is 1. The smallest absolute Gasteiger partial charge is 0.325 e. The van der Waals surface area contributed by atoms with Gasteiger partial charge < -0.3 is 15.4 Å². The summed E-state index contributed by atoms with van der Waals surface area (Å²) < 4.78 is 4.92. The zero-order valence-corrected chi connectivity index (χ0v) is 10.6. The van der Waals surface area contributed by atoms with Crippen molar-refractivity contribution >= 4 is 17.5 Å². The lowest BCUT2D eigenvalue weighted by Gasteiger charge is -2.22. The first-order valence-corrected chi connectivity index (χ1v) is 5.71. The monoisotopic (exact) mass is 237 g/mol. The van der Waals surface area contributed by atoms with Crippen LogP contribution in [-0.4, -0.2) is 30.6 Å². The summed E-state index contributed by atoms with van der Waals surface area (Å²) in [6, 6.07) is 1.84. The number of rotatable bonds is 5. The van der Waals surface area contributed by atoms with E-state index in [-0.39, 0.29) is 12.5 Å². The number of anilines is 2. The van der Waals surface area contributed by atoms with Crippen molar-refractivity contribution in [2.24, 2.45) is 0 Å². The summed E-state index contributed by atoms with van der Waals surface area (Å²) in [5, 5.41) is 0. The van der Waals surface area contributed by atoms with E-state index in [0.717, 1.165) is 5.56 Å². The van der Waals surface area contributed by atoms with Crippen LogP contribution in [0.4, 0.5) is 11.5 Å². The Morgan fingerprint density at radius 1 is 1.53 bits per heavy atom. The molecule has 5 nitrogen and oxygen atoms in total. The van der Waals surface area contributed by atoms with Gasteiger partial charge in [-0.2, -0.15) is 0 Å². The van der Waals surface area contributed by atoms with E-state index in [1.54, 1.807) is 18.0 Å². The van der Waals surface area contributed by atoms with Gasteiger partial charge >= 0.3 is 5.97 Å². The molecule has 5 heteroatoms. The largest absolute Gasteiger partial charge is 0.465 e. The van der Waals surface area contributed by atoms with E-state index in [1.165, 1.54) is 0 Å². The fourth-order valence-electron chi connectivity index (χ4n) is 1.51. The Labute approximate surface area is 102 Å². The number of pyridine rings is 1. The molecule has 0 saturated carbocycles. The highest BCUT2D eigenvalue weighted by molar-refractivity contribution is 5.78. The minimum absolute atomic E-state index is 0.172. The van der Waals surface area contributed by atoms with Gasteiger partial charge in [-0.25, -0.2) is 4.98 Å². The maximum Gasteiger partial charge on any atom is 0.325 e. The van der Waals surface area contributed by atoms with Crippen LogP contribution in [0.5, 0.6) is 0 Å². The Hall–Kier alpha value is -1.78. The van der Waals surface area contributed by atoms with Gasteiger partial charge in [-0.05, 0) is 32.4 Å². The first-order valence-electron chi connectivity index (χ1n) is 5.71. The number of carbonyl (C=O) groups excluding carboxylic acids is 1. The molecule has 0 aromatic carbocycles. The summed E-state index contributed by atoms with van der Waals surface area (Å²) in [5.41, 5.74) is 7.52. The van der Waals surface area contributed by atoms with Crippen LogP contribution in [-0.2, 0) is 9.53 Å². The van der Waals surface area contributed by atoms with E-state index in [0.29, 0.717) is 24.7 Å². The van der Waals surface area contributed by atoms with Crippen molar-refractivity contribution in [3.63, 3.8) is 0 Å². The van der Waals surface area contributed by atoms with Crippen LogP contribution >= 0.6 is 0 Å². The molecule has 0 aliphatic heterocycles. The van der Waals surface area contributed by atoms with Gasteiger partial charge in [0.1, 0.15) is 6.54 Å². The lowest BCUT2D eigenvalue weighted by Crippen LogP contribution is -2.32. The van der Waals surface area contributed by atoms with Crippen molar-refractivity contribution in [1.82, 2.24) is 4.98 Å². The summed E-state index contributed by atoms with van der Waals surface area (Å²) in [4.78, 5) is 17.5. The van der Waals surface area contributed by atoms with E-state index < -0.39 is 0 Å². The molecule has 1 rings (SSSR count). The van der Waals surface area contributed by atoms with Crippen LogP contribution in [0.25, 0.3) is 0 Å². The van der Waals surface area contributed by atoms with Crippen LogP contribution in [0, 0.1) is 6.92 Å². The molecule has 0 unspecified atom stereocenters. The molecule has 1 aromatic rings. The van der Waals surface area contributed by atoms with E-state index >= 15 is 0 Å². The second-order valence-corrected chi connectivity index (χ2v) is 3.68. The number of nitrogen functional groups attached to an aromatic ring is 1. The fraction of sp³-hybridized carbons (Fsp3) is 0.500. The number of likely N-dealkylation sites (N-methyl/N-ethyl adjacent to an activating group) is 1. The van der Waals surface area contributed by atoms with Gasteiger partial charge in [-0.3, -0.25) is 4.79 Å². The van der Waals surface area contributed by atoms with Crippen LogP contribution in [0.2, 0.25) is 0 Å². The van der Waals surface area contributed by atoms with Gasteiger partial charge in [0, 0.05) is 12.7 Å². The molecule has 0 saturated heterocycles. The molecule has 0 fully saturated rings. The summed E-state index contributed by atoms with van der Waals surface area (Å²) in [6.45, 7) is 6.85. The summed E-state index contributed by atoms with van der Waals surface area (Å²) >= 11 is 0. The standard InChI is InChI=1S/C12H19N3O2/c1-4-15(8-10(16)17-5-2)12-11(13)9(3)6-7-14-12/h6-7H,4-5,8,13H2,1-3H3. The second kappa shape index (κ2) is 6.08. The third-order valence-electron chi connectivity index (χ3n) is 2.49. The van der Waals surface area contributed by atoms with Crippen molar-refractivity contribution in [1.29, 1.82) is 0 Å². The molecule has 2 N–H and O–H groups in total. The summed E-state index contributed by atoms with van der Waals surface area (Å²) in [6.07, 6.45) is 1.69. The molecular weight excluding hydrogens is 218 g/mol. The first-order chi connectivity index (χ1) is 8.10. The van der Waals surface area contributed by atoms with Crippen molar-refractivity contribution in [2.75, 3.05) is 30.3 Å². The molecule has 0 aliphatic rings. The van der Waals surface area contributed by atoms with E-state index in [1.807, 2.05) is 19.9 Å². The topological polar surface area (TPSA) is 68.5 Å². The first kappa shape index (κ1) is 13.3. The third-order valence-corrected chi connectivity index (χ3v) is 2.49. The molecule has 1 heterocycles. The average Bonchev–Trinajstić information content (AvgIpc) is 2.30. The molecule has 0 spiro atoms. The normalized spacial score (nSPS) is 10.1. The average molecular weight is 237 g/mol. The van der Waals surface area contributed by atoms with Gasteiger partial charge in [0.25, 0.3) is 0 Å². The Kier molecular flexibility index (Phi) is 4.75. The molecule has 17 heavy (non-hydrogen) atoms. The fourth-order valence-corrected chi connectivity index (χ4v) is 1.51. The van der Waals surface area contributed by atoms with Gasteiger partial charge in [0.05, 0.1) is 12.3 Å². The highest BCUT2D eigenvalue weighted by atomic mass is 16.5. The number of ether oxygens (including phenoxy) is 1. The molecule has 0 bridgehead atoms. The second-order valence-electron chi connectivity index (χ2n) is 3.68. The highest BCUT2D eigenvalue weighted by Crippen LogP contribution is 2.22. The predicted octanol–water partition coefficient (Wildman–Crippen LogP) is 1.36. The van der Waals surface area contributed by atoms with E-state index in [4.69, 9.17) is 10.5 Å². The number of nitrogens with zero attached hydrogens (tertiary/aromatic N) is 2. The number of aromatic nitrogens is 1. The molecular formula is C12H19N3O2. The SMILES string of the molecule is CCOC(=O)CN(CC)c1nccc(C)c1N. The lowest BCUT2D eigenvalue weighted by atomic mass is 10.2. The number of esters is 1. The number of aryl methyl sites for hydroxylation is 1. The maximum atomic E-state index is 11.4. The Morgan fingerprint density at radius 2 is 2.24 bits per heavy atom. The highest BCUT2D eigenvalue weighted by Gasteiger charge is 2.15. The van der Waals surface area contributed by atoms with Crippen molar-refractivity contribution in [2.45, 2.75) is 20.8 Å².